The number of hydrogen-bond donors (Lipinski definition) is 2. The van der Waals surface area contributed by atoms with Crippen LogP contribution in [0.5, 0.6) is 0 Å². The van der Waals surface area contributed by atoms with E-state index >= 15 is 0 Å². The highest BCUT2D eigenvalue weighted by Gasteiger charge is 2.25. The fourth-order valence-electron chi connectivity index (χ4n) is 1.14. The van der Waals surface area contributed by atoms with Crippen LogP contribution < -0.4 is 15.7 Å². The lowest BCUT2D eigenvalue weighted by Gasteiger charge is -2.15. The van der Waals surface area contributed by atoms with Crippen molar-refractivity contribution >= 4 is 5.88 Å². The van der Waals surface area contributed by atoms with E-state index in [-0.39, 0.29) is 6.17 Å². The highest BCUT2D eigenvalue weighted by Crippen LogP contribution is 1.99. The number of rotatable bonds is 1. The molecule has 2 rings (SSSR count). The van der Waals surface area contributed by atoms with Crippen molar-refractivity contribution in [1.29, 1.82) is 0 Å². The number of morpholine rings is 1. The Labute approximate surface area is 69.3 Å². The minimum absolute atomic E-state index is 0.0415. The molecule has 0 saturated carbocycles. The Bertz CT molecular complexity index is 256. The van der Waals surface area contributed by atoms with E-state index in [0.29, 0.717) is 12.5 Å². The minimum Gasteiger partial charge on any atom is -0.372 e. The highest BCUT2D eigenvalue weighted by atomic mass is 16.5. The van der Waals surface area contributed by atoms with E-state index in [4.69, 9.17) is 15.0 Å². The summed E-state index contributed by atoms with van der Waals surface area (Å²) in [6.45, 7) is 2.16. The first-order chi connectivity index (χ1) is 5.86. The van der Waals surface area contributed by atoms with Gasteiger partial charge in [-0.3, -0.25) is 9.84 Å². The van der Waals surface area contributed by atoms with Gasteiger partial charge in [0.2, 0.25) is 5.27 Å². The van der Waals surface area contributed by atoms with E-state index in [1.54, 1.807) is 10.9 Å². The number of nitrogens with two attached hydrogens (primary N) is 1. The van der Waals surface area contributed by atoms with E-state index < -0.39 is 0 Å². The van der Waals surface area contributed by atoms with Gasteiger partial charge in [-0.1, -0.05) is 0 Å². The second-order valence-electron chi connectivity index (χ2n) is 2.63. The maximum Gasteiger partial charge on any atom is 0.293 e. The molecule has 2 heterocycles. The summed E-state index contributed by atoms with van der Waals surface area (Å²) in [6.07, 6.45) is 1.67. The molecule has 1 aromatic rings. The topological polar surface area (TPSA) is 77.2 Å². The number of nitrogen functional groups attached to an aromatic ring is 1. The van der Waals surface area contributed by atoms with Crippen LogP contribution in [0, 0.1) is 0 Å². The van der Waals surface area contributed by atoms with Crippen molar-refractivity contribution in [1.82, 2.24) is 10.6 Å². The van der Waals surface area contributed by atoms with Crippen LogP contribution in [-0.4, -0.2) is 25.0 Å². The largest absolute Gasteiger partial charge is 0.372 e. The average molecular weight is 171 g/mol. The van der Waals surface area contributed by atoms with E-state index in [1.165, 1.54) is 0 Å². The van der Waals surface area contributed by atoms with Gasteiger partial charge in [-0.25, -0.2) is 0 Å². The van der Waals surface area contributed by atoms with Crippen LogP contribution in [0.3, 0.4) is 0 Å². The van der Waals surface area contributed by atoms with E-state index in [0.717, 1.165) is 13.2 Å². The Hall–Kier alpha value is -1.14. The zero-order chi connectivity index (χ0) is 8.39. The standard InChI is InChI=1S/C6H11N4O2/c7-5-3-10(9-12-5)6-4-11-2-1-8-6/h3,6,8H,1-2,4,7H2/q+1. The van der Waals surface area contributed by atoms with Gasteiger partial charge in [0.1, 0.15) is 6.61 Å². The lowest BCUT2D eigenvalue weighted by molar-refractivity contribution is -0.792. The SMILES string of the molecule is Nc1c[n+](C2COCCN2)no1. The maximum absolute atomic E-state index is 5.37. The monoisotopic (exact) mass is 171 g/mol. The van der Waals surface area contributed by atoms with Gasteiger partial charge >= 0.3 is 0 Å². The molecule has 0 aromatic carbocycles. The maximum atomic E-state index is 5.37. The first kappa shape index (κ1) is 7.51. The molecule has 1 unspecified atom stereocenters. The highest BCUT2D eigenvalue weighted by molar-refractivity contribution is 5.11. The molecular formula is C6H11N4O2+. The first-order valence-corrected chi connectivity index (χ1v) is 3.81. The lowest BCUT2D eigenvalue weighted by atomic mass is 10.4. The average Bonchev–Trinajstić information content (AvgIpc) is 2.54. The zero-order valence-electron chi connectivity index (χ0n) is 6.56. The van der Waals surface area contributed by atoms with E-state index in [2.05, 4.69) is 10.6 Å². The zero-order valence-corrected chi connectivity index (χ0v) is 6.56. The number of nitrogens with zero attached hydrogens (tertiary/aromatic N) is 2. The van der Waals surface area contributed by atoms with Crippen molar-refractivity contribution < 1.29 is 13.9 Å². The molecule has 0 radical (unpaired) electrons. The lowest BCUT2D eigenvalue weighted by Crippen LogP contribution is -2.54. The quantitative estimate of drug-likeness (QED) is 0.511. The Morgan fingerprint density at radius 3 is 3.25 bits per heavy atom. The van der Waals surface area contributed by atoms with Crippen LogP contribution in [0.15, 0.2) is 10.7 Å². The van der Waals surface area contributed by atoms with Gasteiger partial charge in [0, 0.05) is 6.54 Å². The van der Waals surface area contributed by atoms with Gasteiger partial charge in [0.15, 0.2) is 0 Å². The normalized spacial score (nSPS) is 24.2. The molecule has 66 valence electrons. The third-order valence-corrected chi connectivity index (χ3v) is 1.72. The molecule has 0 bridgehead atoms. The van der Waals surface area contributed by atoms with Crippen molar-refractivity contribution in [2.24, 2.45) is 0 Å². The van der Waals surface area contributed by atoms with Gasteiger partial charge in [0.25, 0.3) is 18.2 Å². The Morgan fingerprint density at radius 2 is 2.67 bits per heavy atom. The summed E-state index contributed by atoms with van der Waals surface area (Å²) < 4.78 is 11.6. The van der Waals surface area contributed by atoms with Crippen LogP contribution in [0.1, 0.15) is 6.17 Å². The van der Waals surface area contributed by atoms with Crippen molar-refractivity contribution in [2.75, 3.05) is 25.5 Å². The third kappa shape index (κ3) is 1.39. The Kier molecular flexibility index (Phi) is 1.92. The van der Waals surface area contributed by atoms with Crippen LogP contribution in [-0.2, 0) is 4.74 Å². The molecule has 3 N–H and O–H groups in total. The molecule has 1 aliphatic rings. The number of anilines is 1. The third-order valence-electron chi connectivity index (χ3n) is 1.72. The van der Waals surface area contributed by atoms with Gasteiger partial charge in [-0.15, -0.1) is 0 Å². The summed E-state index contributed by atoms with van der Waals surface area (Å²) in [5.41, 5.74) is 5.37. The summed E-state index contributed by atoms with van der Waals surface area (Å²) in [4.78, 5) is 0. The minimum atomic E-state index is 0.0415. The summed E-state index contributed by atoms with van der Waals surface area (Å²) >= 11 is 0. The fraction of sp³-hybridized carbons (Fsp3) is 0.667. The van der Waals surface area contributed by atoms with Crippen molar-refractivity contribution in [3.63, 3.8) is 0 Å². The van der Waals surface area contributed by atoms with Gasteiger partial charge in [-0.2, -0.15) is 0 Å². The fourth-order valence-corrected chi connectivity index (χ4v) is 1.14. The molecule has 1 atom stereocenters. The molecule has 1 aromatic heterocycles. The molecular weight excluding hydrogens is 160 g/mol. The molecule has 0 aliphatic carbocycles. The number of aromatic nitrogens is 2. The first-order valence-electron chi connectivity index (χ1n) is 3.81. The molecule has 0 amide bonds. The molecule has 1 saturated heterocycles. The smallest absolute Gasteiger partial charge is 0.293 e. The molecule has 1 aliphatic heterocycles. The van der Waals surface area contributed by atoms with Gasteiger partial charge < -0.3 is 10.5 Å². The Balaban J connectivity index is 2.08. The van der Waals surface area contributed by atoms with Crippen LogP contribution in [0.25, 0.3) is 0 Å². The van der Waals surface area contributed by atoms with Gasteiger partial charge in [-0.05, 0) is 4.68 Å². The summed E-state index contributed by atoms with van der Waals surface area (Å²) in [5.74, 6) is 0.308. The van der Waals surface area contributed by atoms with E-state index in [1.807, 2.05) is 0 Å². The van der Waals surface area contributed by atoms with Crippen molar-refractivity contribution in [2.45, 2.75) is 6.17 Å². The van der Waals surface area contributed by atoms with Crippen molar-refractivity contribution in [3.05, 3.63) is 6.20 Å². The molecule has 1 fully saturated rings. The Morgan fingerprint density at radius 1 is 1.75 bits per heavy atom. The second-order valence-corrected chi connectivity index (χ2v) is 2.63. The van der Waals surface area contributed by atoms with Crippen LogP contribution in [0.2, 0.25) is 0 Å². The predicted molar refractivity (Wildman–Crippen MR) is 39.0 cm³/mol. The van der Waals surface area contributed by atoms with Gasteiger partial charge in [0.05, 0.1) is 6.61 Å². The number of hydrogen-bond acceptors (Lipinski definition) is 5. The molecule has 6 nitrogen and oxygen atoms in total. The second kappa shape index (κ2) is 3.08. The van der Waals surface area contributed by atoms with Crippen LogP contribution in [0.4, 0.5) is 5.88 Å². The van der Waals surface area contributed by atoms with Crippen molar-refractivity contribution in [3.8, 4) is 0 Å². The number of nitrogens with one attached hydrogen (secondary N) is 1. The number of ether oxygens (including phenoxy) is 1. The molecule has 6 heteroatoms. The van der Waals surface area contributed by atoms with E-state index in [9.17, 15) is 0 Å². The molecule has 12 heavy (non-hydrogen) atoms. The predicted octanol–water partition coefficient (Wildman–Crippen LogP) is -1.34. The summed E-state index contributed by atoms with van der Waals surface area (Å²) in [5, 5.41) is 6.92. The summed E-state index contributed by atoms with van der Waals surface area (Å²) in [6, 6.07) is 0. The summed E-state index contributed by atoms with van der Waals surface area (Å²) in [7, 11) is 0. The molecule has 0 spiro atoms. The van der Waals surface area contributed by atoms with Crippen LogP contribution >= 0.6 is 0 Å².